The molecule has 0 saturated heterocycles. The third-order valence-electron chi connectivity index (χ3n) is 1.48. The molecule has 0 radical (unpaired) electrons. The van der Waals surface area contributed by atoms with Crippen molar-refractivity contribution in [3.63, 3.8) is 0 Å². The van der Waals surface area contributed by atoms with Crippen LogP contribution in [0, 0.1) is 0 Å². The van der Waals surface area contributed by atoms with Crippen molar-refractivity contribution in [3.8, 4) is 0 Å². The monoisotopic (exact) mass is 142 g/mol. The topological polar surface area (TPSA) is 0 Å². The van der Waals surface area contributed by atoms with Gasteiger partial charge < -0.3 is 0 Å². The van der Waals surface area contributed by atoms with Gasteiger partial charge in [-0.25, -0.2) is 0 Å². The lowest BCUT2D eigenvalue weighted by molar-refractivity contribution is 0.796. The number of rotatable bonds is 0. The van der Waals surface area contributed by atoms with Gasteiger partial charge in [0, 0.05) is 5.38 Å². The normalized spacial score (nSPS) is 28.0. The summed E-state index contributed by atoms with van der Waals surface area (Å²) in [5.41, 5.74) is 2.52. The Morgan fingerprint density at radius 1 is 1.67 bits per heavy atom. The number of hydrogen-bond acceptors (Lipinski definition) is 0. The molecule has 1 aliphatic carbocycles. The molecule has 0 heterocycles. The van der Waals surface area contributed by atoms with Gasteiger partial charge in [-0.1, -0.05) is 23.8 Å². The molecule has 50 valence electrons. The first-order chi connectivity index (χ1) is 4.18. The smallest absolute Gasteiger partial charge is 0.0413 e. The Bertz CT molecular complexity index is 156. The lowest BCUT2D eigenvalue weighted by Gasteiger charge is -2.15. The van der Waals surface area contributed by atoms with E-state index < -0.39 is 0 Å². The van der Waals surface area contributed by atoms with E-state index >= 15 is 0 Å². The van der Waals surface area contributed by atoms with Crippen LogP contribution in [0.3, 0.4) is 0 Å². The van der Waals surface area contributed by atoms with Crippen LogP contribution in [0.25, 0.3) is 0 Å². The Balaban J connectivity index is 2.67. The molecule has 0 aromatic carbocycles. The van der Waals surface area contributed by atoms with Crippen LogP contribution >= 0.6 is 11.6 Å². The largest absolute Gasteiger partial charge is 0.122 e. The van der Waals surface area contributed by atoms with Gasteiger partial charge in [0.2, 0.25) is 0 Å². The molecule has 0 aliphatic heterocycles. The van der Waals surface area contributed by atoms with Gasteiger partial charge in [0.1, 0.15) is 0 Å². The number of allylic oxidation sites excluding steroid dienone is 3. The van der Waals surface area contributed by atoms with Crippen molar-refractivity contribution in [2.75, 3.05) is 0 Å². The van der Waals surface area contributed by atoms with E-state index in [2.05, 4.69) is 19.6 Å². The zero-order valence-corrected chi connectivity index (χ0v) is 6.41. The molecular weight excluding hydrogens is 132 g/mol. The maximum atomic E-state index is 5.90. The van der Waals surface area contributed by atoms with Crippen LogP contribution in [0.5, 0.6) is 0 Å². The predicted molar refractivity (Wildman–Crippen MR) is 41.8 cm³/mol. The summed E-state index contributed by atoms with van der Waals surface area (Å²) in [4.78, 5) is 0. The first-order valence-electron chi connectivity index (χ1n) is 3.17. The highest BCUT2D eigenvalue weighted by atomic mass is 35.5. The molecule has 0 aromatic rings. The highest BCUT2D eigenvalue weighted by Crippen LogP contribution is 2.24. The van der Waals surface area contributed by atoms with Crippen molar-refractivity contribution >= 4 is 11.6 Å². The second-order valence-electron chi connectivity index (χ2n) is 2.65. The zero-order valence-electron chi connectivity index (χ0n) is 5.65. The summed E-state index contributed by atoms with van der Waals surface area (Å²) < 4.78 is 0. The van der Waals surface area contributed by atoms with Crippen molar-refractivity contribution in [1.29, 1.82) is 0 Å². The molecule has 0 nitrogen and oxygen atoms in total. The van der Waals surface area contributed by atoms with Crippen molar-refractivity contribution in [2.45, 2.75) is 25.1 Å². The van der Waals surface area contributed by atoms with E-state index in [4.69, 9.17) is 11.6 Å². The molecule has 1 rings (SSSR count). The Labute approximate surface area is 61.2 Å². The second-order valence-corrected chi connectivity index (χ2v) is 3.27. The van der Waals surface area contributed by atoms with Crippen LogP contribution in [-0.2, 0) is 0 Å². The van der Waals surface area contributed by atoms with Gasteiger partial charge in [-0.3, -0.25) is 0 Å². The number of hydrogen-bond donors (Lipinski definition) is 0. The van der Waals surface area contributed by atoms with E-state index in [-0.39, 0.29) is 0 Å². The summed E-state index contributed by atoms with van der Waals surface area (Å²) in [6.07, 6.45) is 4.11. The average molecular weight is 143 g/mol. The fraction of sp³-hybridized carbons (Fsp3) is 0.500. The first-order valence-corrected chi connectivity index (χ1v) is 3.61. The van der Waals surface area contributed by atoms with Crippen LogP contribution < -0.4 is 0 Å². The van der Waals surface area contributed by atoms with Gasteiger partial charge >= 0.3 is 0 Å². The van der Waals surface area contributed by atoms with Crippen LogP contribution in [0.15, 0.2) is 23.8 Å². The molecule has 1 aliphatic rings. The highest BCUT2D eigenvalue weighted by molar-refractivity contribution is 6.21. The van der Waals surface area contributed by atoms with Crippen molar-refractivity contribution in [3.05, 3.63) is 23.8 Å². The third kappa shape index (κ3) is 1.87. The number of alkyl halides is 1. The molecule has 0 fully saturated rings. The molecule has 0 amide bonds. The standard InChI is InChI=1S/C8H11Cl/c1-6-3-7(2)5-8(9)4-6/h3,8H,1,4-5H2,2H3. The van der Waals surface area contributed by atoms with Crippen LogP contribution in [0.4, 0.5) is 0 Å². The summed E-state index contributed by atoms with van der Waals surface area (Å²) in [6, 6.07) is 0. The SMILES string of the molecule is C=C1C=C(C)CC(Cl)C1. The first kappa shape index (κ1) is 6.88. The third-order valence-corrected chi connectivity index (χ3v) is 1.79. The van der Waals surface area contributed by atoms with E-state index in [9.17, 15) is 0 Å². The molecule has 0 aromatic heterocycles. The second kappa shape index (κ2) is 2.57. The fourth-order valence-corrected chi connectivity index (χ4v) is 1.61. The Hall–Kier alpha value is -0.230. The molecule has 0 bridgehead atoms. The van der Waals surface area contributed by atoms with E-state index in [1.165, 1.54) is 11.1 Å². The van der Waals surface area contributed by atoms with Crippen molar-refractivity contribution in [2.24, 2.45) is 0 Å². The van der Waals surface area contributed by atoms with Crippen LogP contribution in [0.2, 0.25) is 0 Å². The minimum atomic E-state index is 0.294. The van der Waals surface area contributed by atoms with Gasteiger partial charge in [-0.2, -0.15) is 0 Å². The quantitative estimate of drug-likeness (QED) is 0.457. The maximum Gasteiger partial charge on any atom is 0.0413 e. The van der Waals surface area contributed by atoms with Crippen LogP contribution in [0.1, 0.15) is 19.8 Å². The summed E-state index contributed by atoms with van der Waals surface area (Å²) >= 11 is 5.90. The molecule has 0 spiro atoms. The molecule has 1 atom stereocenters. The molecule has 1 heteroatoms. The molecule has 9 heavy (non-hydrogen) atoms. The van der Waals surface area contributed by atoms with Gasteiger partial charge in [0.15, 0.2) is 0 Å². The lowest BCUT2D eigenvalue weighted by atomic mass is 9.97. The minimum absolute atomic E-state index is 0.294. The summed E-state index contributed by atoms with van der Waals surface area (Å²) in [5.74, 6) is 0. The lowest BCUT2D eigenvalue weighted by Crippen LogP contribution is -2.04. The summed E-state index contributed by atoms with van der Waals surface area (Å²) in [5, 5.41) is 0.294. The Morgan fingerprint density at radius 3 is 2.78 bits per heavy atom. The Morgan fingerprint density at radius 2 is 2.33 bits per heavy atom. The van der Waals surface area contributed by atoms with E-state index in [0.717, 1.165) is 12.8 Å². The highest BCUT2D eigenvalue weighted by Gasteiger charge is 2.11. The average Bonchev–Trinajstić information content (AvgIpc) is 1.59. The molecule has 1 unspecified atom stereocenters. The van der Waals surface area contributed by atoms with Gasteiger partial charge in [0.05, 0.1) is 0 Å². The minimum Gasteiger partial charge on any atom is -0.122 e. The molecule has 0 N–H and O–H groups in total. The molecular formula is C8H11Cl. The number of halogens is 1. The predicted octanol–water partition coefficient (Wildman–Crippen LogP) is 2.89. The summed E-state index contributed by atoms with van der Waals surface area (Å²) in [7, 11) is 0. The molecule has 0 saturated carbocycles. The van der Waals surface area contributed by atoms with Crippen molar-refractivity contribution in [1.82, 2.24) is 0 Å². The Kier molecular flexibility index (Phi) is 1.97. The maximum absolute atomic E-state index is 5.90. The summed E-state index contributed by atoms with van der Waals surface area (Å²) in [6.45, 7) is 5.95. The zero-order chi connectivity index (χ0) is 6.85. The van der Waals surface area contributed by atoms with Gasteiger partial charge in [-0.05, 0) is 19.8 Å². The van der Waals surface area contributed by atoms with Gasteiger partial charge in [-0.15, -0.1) is 11.6 Å². The fourth-order valence-electron chi connectivity index (χ4n) is 1.17. The van der Waals surface area contributed by atoms with E-state index in [1.807, 2.05) is 0 Å². The van der Waals surface area contributed by atoms with Crippen molar-refractivity contribution < 1.29 is 0 Å². The van der Waals surface area contributed by atoms with Crippen LogP contribution in [-0.4, -0.2) is 5.38 Å². The van der Waals surface area contributed by atoms with Gasteiger partial charge in [0.25, 0.3) is 0 Å². The van der Waals surface area contributed by atoms with E-state index in [1.54, 1.807) is 0 Å². The van der Waals surface area contributed by atoms with E-state index in [0.29, 0.717) is 5.38 Å².